The van der Waals surface area contributed by atoms with Crippen LogP contribution in [0.1, 0.15) is 26.3 Å². The minimum absolute atomic E-state index is 0.0451. The Morgan fingerprint density at radius 2 is 2.17 bits per heavy atom. The number of morpholine rings is 1. The summed E-state index contributed by atoms with van der Waals surface area (Å²) in [6.07, 6.45) is 1.82. The summed E-state index contributed by atoms with van der Waals surface area (Å²) in [6, 6.07) is 9.91. The predicted molar refractivity (Wildman–Crippen MR) is 90.2 cm³/mol. The van der Waals surface area contributed by atoms with E-state index >= 15 is 0 Å². The second-order valence-electron chi connectivity index (χ2n) is 6.72. The number of hydrogen-bond acceptors (Lipinski definition) is 3. The minimum atomic E-state index is -0.310. The minimum Gasteiger partial charge on any atom is -0.369 e. The summed E-state index contributed by atoms with van der Waals surface area (Å²) >= 11 is 0. The molecule has 3 rings (SSSR count). The highest BCUT2D eigenvalue weighted by Crippen LogP contribution is 2.21. The second kappa shape index (κ2) is 6.16. The molecule has 2 aromatic rings. The van der Waals surface area contributed by atoms with Gasteiger partial charge in [0.1, 0.15) is 0 Å². The highest BCUT2D eigenvalue weighted by atomic mass is 16.5. The first-order valence-electron chi connectivity index (χ1n) is 7.98. The van der Waals surface area contributed by atoms with Crippen LogP contribution >= 0.6 is 0 Å². The fourth-order valence-electron chi connectivity index (χ4n) is 3.20. The number of rotatable bonds is 2. The number of carbonyl (C=O) groups excluding carboxylic acids is 1. The highest BCUT2D eigenvalue weighted by Gasteiger charge is 2.33. The van der Waals surface area contributed by atoms with Crippen molar-refractivity contribution >= 4 is 16.9 Å². The Morgan fingerprint density at radius 3 is 2.96 bits per heavy atom. The number of fused-ring (bicyclic) bond motifs is 1. The van der Waals surface area contributed by atoms with Crippen LogP contribution in [0, 0.1) is 0 Å². The third-order valence-electron chi connectivity index (χ3n) is 4.00. The standard InChI is InChI=1S/C18H23N3O2/c1-13-11-21(12-18(2,3)23-13)17(22)20-10-15-7-4-6-14-8-5-9-19-16(14)15/h4-9,13H,10-12H2,1-3H3,(H,20,22). The van der Waals surface area contributed by atoms with Crippen LogP contribution < -0.4 is 5.32 Å². The van der Waals surface area contributed by atoms with E-state index in [-0.39, 0.29) is 17.7 Å². The molecule has 2 amide bonds. The average molecular weight is 313 g/mol. The van der Waals surface area contributed by atoms with E-state index in [0.29, 0.717) is 19.6 Å². The number of aromatic nitrogens is 1. The molecular formula is C18H23N3O2. The van der Waals surface area contributed by atoms with Crippen LogP contribution in [-0.2, 0) is 11.3 Å². The van der Waals surface area contributed by atoms with Crippen LogP contribution in [0.15, 0.2) is 36.5 Å². The van der Waals surface area contributed by atoms with Crippen molar-refractivity contribution in [3.8, 4) is 0 Å². The van der Waals surface area contributed by atoms with Crippen LogP contribution in [0.25, 0.3) is 10.9 Å². The molecule has 1 aliphatic heterocycles. The van der Waals surface area contributed by atoms with Gasteiger partial charge in [0.2, 0.25) is 0 Å². The zero-order chi connectivity index (χ0) is 16.4. The molecule has 5 heteroatoms. The SMILES string of the molecule is CC1CN(C(=O)NCc2cccc3cccnc23)CC(C)(C)O1. The Labute approximate surface area is 136 Å². The largest absolute Gasteiger partial charge is 0.369 e. The Hall–Kier alpha value is -2.14. The number of urea groups is 1. The fourth-order valence-corrected chi connectivity index (χ4v) is 3.20. The van der Waals surface area contributed by atoms with E-state index < -0.39 is 0 Å². The first-order chi connectivity index (χ1) is 10.9. The molecule has 0 bridgehead atoms. The molecule has 1 fully saturated rings. The third-order valence-corrected chi connectivity index (χ3v) is 4.00. The number of ether oxygens (including phenoxy) is 1. The molecule has 122 valence electrons. The lowest BCUT2D eigenvalue weighted by atomic mass is 10.1. The maximum absolute atomic E-state index is 12.5. The van der Waals surface area contributed by atoms with Crippen molar-refractivity contribution in [2.75, 3.05) is 13.1 Å². The van der Waals surface area contributed by atoms with Gasteiger partial charge < -0.3 is 15.0 Å². The summed E-state index contributed by atoms with van der Waals surface area (Å²) < 4.78 is 5.84. The summed E-state index contributed by atoms with van der Waals surface area (Å²) in [4.78, 5) is 18.7. The molecule has 2 heterocycles. The van der Waals surface area contributed by atoms with E-state index in [0.717, 1.165) is 16.5 Å². The summed E-state index contributed by atoms with van der Waals surface area (Å²) in [7, 11) is 0. The van der Waals surface area contributed by atoms with Gasteiger partial charge in [-0.25, -0.2) is 4.79 Å². The first-order valence-corrected chi connectivity index (χ1v) is 7.98. The van der Waals surface area contributed by atoms with E-state index in [4.69, 9.17) is 4.74 Å². The number of para-hydroxylation sites is 1. The van der Waals surface area contributed by atoms with Crippen LogP contribution in [-0.4, -0.2) is 40.7 Å². The van der Waals surface area contributed by atoms with Gasteiger partial charge >= 0.3 is 6.03 Å². The lowest BCUT2D eigenvalue weighted by Gasteiger charge is -2.41. The molecule has 0 radical (unpaired) electrons. The van der Waals surface area contributed by atoms with Crippen LogP contribution in [0.2, 0.25) is 0 Å². The summed E-state index contributed by atoms with van der Waals surface area (Å²) in [5, 5.41) is 4.09. The molecule has 1 atom stereocenters. The Morgan fingerprint density at radius 1 is 1.39 bits per heavy atom. The maximum atomic E-state index is 12.5. The molecule has 1 N–H and O–H groups in total. The van der Waals surface area contributed by atoms with Crippen LogP contribution in [0.5, 0.6) is 0 Å². The molecule has 0 spiro atoms. The summed E-state index contributed by atoms with van der Waals surface area (Å²) in [5.74, 6) is 0. The van der Waals surface area contributed by atoms with Crippen molar-refractivity contribution in [2.45, 2.75) is 39.0 Å². The molecular weight excluding hydrogens is 290 g/mol. The van der Waals surface area contributed by atoms with Crippen molar-refractivity contribution in [2.24, 2.45) is 0 Å². The molecule has 5 nitrogen and oxygen atoms in total. The Kier molecular flexibility index (Phi) is 4.22. The van der Waals surface area contributed by atoms with E-state index in [2.05, 4.69) is 10.3 Å². The first kappa shape index (κ1) is 15.7. The van der Waals surface area contributed by atoms with Crippen LogP contribution in [0.3, 0.4) is 0 Å². The number of nitrogens with zero attached hydrogens (tertiary/aromatic N) is 2. The second-order valence-corrected chi connectivity index (χ2v) is 6.72. The Balaban J connectivity index is 1.69. The molecule has 1 saturated heterocycles. The molecule has 1 aromatic heterocycles. The van der Waals surface area contributed by atoms with Gasteiger partial charge in [-0.2, -0.15) is 0 Å². The fraction of sp³-hybridized carbons (Fsp3) is 0.444. The molecule has 0 saturated carbocycles. The maximum Gasteiger partial charge on any atom is 0.317 e. The highest BCUT2D eigenvalue weighted by molar-refractivity contribution is 5.82. The lowest BCUT2D eigenvalue weighted by molar-refractivity contribution is -0.117. The number of carbonyl (C=O) groups is 1. The van der Waals surface area contributed by atoms with E-state index in [1.807, 2.05) is 56.0 Å². The van der Waals surface area contributed by atoms with Gasteiger partial charge in [0.05, 0.1) is 23.8 Å². The monoisotopic (exact) mass is 313 g/mol. The number of benzene rings is 1. The van der Waals surface area contributed by atoms with Crippen LogP contribution in [0.4, 0.5) is 4.79 Å². The Bertz CT molecular complexity index is 709. The number of hydrogen-bond donors (Lipinski definition) is 1. The third kappa shape index (κ3) is 3.62. The zero-order valence-corrected chi connectivity index (χ0v) is 13.9. The van der Waals surface area contributed by atoms with E-state index in [1.165, 1.54) is 0 Å². The van der Waals surface area contributed by atoms with Crippen molar-refractivity contribution in [3.63, 3.8) is 0 Å². The topological polar surface area (TPSA) is 54.5 Å². The average Bonchev–Trinajstić information content (AvgIpc) is 2.50. The van der Waals surface area contributed by atoms with Crippen molar-refractivity contribution in [1.29, 1.82) is 0 Å². The molecule has 1 aromatic carbocycles. The smallest absolute Gasteiger partial charge is 0.317 e. The van der Waals surface area contributed by atoms with Crippen molar-refractivity contribution in [3.05, 3.63) is 42.1 Å². The van der Waals surface area contributed by atoms with Crippen molar-refractivity contribution in [1.82, 2.24) is 15.2 Å². The quantitative estimate of drug-likeness (QED) is 0.927. The number of pyridine rings is 1. The number of nitrogens with one attached hydrogen (secondary N) is 1. The molecule has 23 heavy (non-hydrogen) atoms. The van der Waals surface area contributed by atoms with Gasteiger partial charge in [-0.05, 0) is 32.4 Å². The summed E-state index contributed by atoms with van der Waals surface area (Å²) in [6.45, 7) is 7.70. The van der Waals surface area contributed by atoms with Gasteiger partial charge in [0.15, 0.2) is 0 Å². The van der Waals surface area contributed by atoms with Gasteiger partial charge in [-0.1, -0.05) is 24.3 Å². The lowest BCUT2D eigenvalue weighted by Crippen LogP contribution is -2.56. The van der Waals surface area contributed by atoms with Gasteiger partial charge in [-0.15, -0.1) is 0 Å². The number of amides is 2. The zero-order valence-electron chi connectivity index (χ0n) is 13.9. The molecule has 1 aliphatic rings. The van der Waals surface area contributed by atoms with E-state index in [9.17, 15) is 4.79 Å². The molecule has 0 aliphatic carbocycles. The normalized spacial score (nSPS) is 20.5. The molecule has 1 unspecified atom stereocenters. The van der Waals surface area contributed by atoms with Crippen molar-refractivity contribution < 1.29 is 9.53 Å². The van der Waals surface area contributed by atoms with Gasteiger partial charge in [0, 0.05) is 24.7 Å². The van der Waals surface area contributed by atoms with Gasteiger partial charge in [-0.3, -0.25) is 4.98 Å². The predicted octanol–water partition coefficient (Wildman–Crippen LogP) is 2.94. The van der Waals surface area contributed by atoms with E-state index in [1.54, 1.807) is 6.20 Å². The summed E-state index contributed by atoms with van der Waals surface area (Å²) in [5.41, 5.74) is 1.65. The van der Waals surface area contributed by atoms with Gasteiger partial charge in [0.25, 0.3) is 0 Å².